The topological polar surface area (TPSA) is 45.2 Å². The summed E-state index contributed by atoms with van der Waals surface area (Å²) >= 11 is 0. The van der Waals surface area contributed by atoms with E-state index in [4.69, 9.17) is 0 Å². The van der Waals surface area contributed by atoms with Gasteiger partial charge in [-0.2, -0.15) is 0 Å². The number of carbonyl (C=O) groups is 1. The molecule has 1 spiro atoms. The van der Waals surface area contributed by atoms with E-state index in [9.17, 15) is 4.79 Å². The number of aromatic nitrogens is 1. The summed E-state index contributed by atoms with van der Waals surface area (Å²) in [6.45, 7) is 2.69. The number of pyridine rings is 1. The number of halogens is 1. The van der Waals surface area contributed by atoms with E-state index >= 15 is 0 Å². The van der Waals surface area contributed by atoms with Crippen LogP contribution in [0.15, 0.2) is 48.7 Å². The van der Waals surface area contributed by atoms with Crippen LogP contribution in [-0.2, 0) is 23.2 Å². The molecule has 1 aromatic carbocycles. The van der Waals surface area contributed by atoms with Gasteiger partial charge in [0.05, 0.1) is 12.2 Å². The number of hydrogen-bond acceptors (Lipinski definition) is 3. The van der Waals surface area contributed by atoms with Crippen LogP contribution in [0.5, 0.6) is 0 Å². The Hall–Kier alpha value is -1.91. The number of nitrogens with zero attached hydrogens (tertiary/aromatic N) is 2. The summed E-state index contributed by atoms with van der Waals surface area (Å²) in [6, 6.07) is 15.2. The van der Waals surface area contributed by atoms with Crippen molar-refractivity contribution in [3.63, 3.8) is 0 Å². The fraction of sp³-hybridized carbons (Fsp3) is 0.520. The highest BCUT2D eigenvalue weighted by Crippen LogP contribution is 2.61. The summed E-state index contributed by atoms with van der Waals surface area (Å²) in [5, 5.41) is 3.50. The molecule has 3 atom stereocenters. The van der Waals surface area contributed by atoms with E-state index in [0.717, 1.165) is 57.3 Å². The lowest BCUT2D eigenvalue weighted by molar-refractivity contribution is -0.136. The third-order valence-corrected chi connectivity index (χ3v) is 7.32. The van der Waals surface area contributed by atoms with Gasteiger partial charge in [0.2, 0.25) is 5.91 Å². The molecule has 3 aliphatic rings. The van der Waals surface area contributed by atoms with E-state index in [2.05, 4.69) is 39.5 Å². The van der Waals surface area contributed by atoms with Crippen LogP contribution in [0.25, 0.3) is 0 Å². The van der Waals surface area contributed by atoms with Crippen LogP contribution in [0.1, 0.15) is 55.3 Å². The predicted octanol–water partition coefficient (Wildman–Crippen LogP) is 4.27. The Labute approximate surface area is 185 Å². The van der Waals surface area contributed by atoms with Crippen LogP contribution in [0.2, 0.25) is 0 Å². The number of aryl methyl sites for hydroxylation is 1. The van der Waals surface area contributed by atoms with Gasteiger partial charge in [-0.1, -0.05) is 30.3 Å². The van der Waals surface area contributed by atoms with Crippen molar-refractivity contribution in [1.82, 2.24) is 15.2 Å². The summed E-state index contributed by atoms with van der Waals surface area (Å²) in [6.07, 6.45) is 9.63. The quantitative estimate of drug-likeness (QED) is 0.795. The fourth-order valence-corrected chi connectivity index (χ4v) is 5.72. The van der Waals surface area contributed by atoms with E-state index in [1.807, 2.05) is 24.4 Å². The molecule has 5 rings (SSSR count). The van der Waals surface area contributed by atoms with Crippen molar-refractivity contribution in [3.05, 3.63) is 65.5 Å². The second-order valence-electron chi connectivity index (χ2n) is 9.05. The van der Waals surface area contributed by atoms with Crippen LogP contribution in [0.3, 0.4) is 0 Å². The van der Waals surface area contributed by atoms with Crippen molar-refractivity contribution in [1.29, 1.82) is 0 Å². The highest BCUT2D eigenvalue weighted by Gasteiger charge is 2.61. The zero-order chi connectivity index (χ0) is 19.7. The third kappa shape index (κ3) is 4.00. The minimum Gasteiger partial charge on any atom is -0.333 e. The highest BCUT2D eigenvalue weighted by molar-refractivity contribution is 5.85. The number of amides is 1. The van der Waals surface area contributed by atoms with Crippen LogP contribution in [0, 0.1) is 5.92 Å². The predicted molar refractivity (Wildman–Crippen MR) is 122 cm³/mol. The van der Waals surface area contributed by atoms with Gasteiger partial charge in [-0.25, -0.2) is 0 Å². The van der Waals surface area contributed by atoms with Gasteiger partial charge in [-0.3, -0.25) is 9.78 Å². The van der Waals surface area contributed by atoms with Crippen LogP contribution in [-0.4, -0.2) is 34.9 Å². The summed E-state index contributed by atoms with van der Waals surface area (Å²) in [5.74, 6) is 0.503. The number of nitrogens with one attached hydrogen (secondary N) is 1. The van der Waals surface area contributed by atoms with Crippen molar-refractivity contribution in [2.45, 2.75) is 62.9 Å². The second kappa shape index (κ2) is 9.07. The molecule has 3 unspecified atom stereocenters. The zero-order valence-electron chi connectivity index (χ0n) is 17.6. The lowest BCUT2D eigenvalue weighted by Gasteiger charge is -2.33. The number of hydrogen-bond donors (Lipinski definition) is 1. The molecule has 1 saturated carbocycles. The summed E-state index contributed by atoms with van der Waals surface area (Å²) in [4.78, 5) is 20.6. The molecular formula is C25H32ClN3O. The van der Waals surface area contributed by atoms with Gasteiger partial charge in [0.25, 0.3) is 0 Å². The van der Waals surface area contributed by atoms with E-state index in [1.54, 1.807) is 0 Å². The van der Waals surface area contributed by atoms with Crippen molar-refractivity contribution < 1.29 is 4.79 Å². The average Bonchev–Trinajstić information content (AvgIpc) is 3.53. The molecule has 2 fully saturated rings. The molecule has 2 aliphatic carbocycles. The normalized spacial score (nSPS) is 27.5. The van der Waals surface area contributed by atoms with Crippen LogP contribution < -0.4 is 5.32 Å². The summed E-state index contributed by atoms with van der Waals surface area (Å²) in [7, 11) is 0. The van der Waals surface area contributed by atoms with Gasteiger partial charge in [-0.15, -0.1) is 12.4 Å². The van der Waals surface area contributed by atoms with Crippen molar-refractivity contribution in [2.75, 3.05) is 13.1 Å². The zero-order valence-corrected chi connectivity index (χ0v) is 18.4. The number of benzene rings is 1. The lowest BCUT2D eigenvalue weighted by Crippen LogP contribution is -2.42. The average molecular weight is 426 g/mol. The standard InChI is InChI=1S/C25H31N3O.ClH/c29-24(23-17-25(23)13-5-8-19-7-1-2-11-22(19)25)28(18-20-9-3-4-15-27-20)21-10-6-14-26-16-12-21;/h1-4,7,9,11,15,21,23,26H,5-6,8,10,12-14,16-18H2;1H. The molecular weight excluding hydrogens is 394 g/mol. The Morgan fingerprint density at radius 1 is 1.10 bits per heavy atom. The Balaban J connectivity index is 0.00000218. The molecule has 30 heavy (non-hydrogen) atoms. The maximum absolute atomic E-state index is 13.9. The molecule has 5 heteroatoms. The Kier molecular flexibility index (Phi) is 6.45. The first-order valence-corrected chi connectivity index (χ1v) is 11.3. The molecule has 160 valence electrons. The first-order chi connectivity index (χ1) is 14.3. The fourth-order valence-electron chi connectivity index (χ4n) is 5.72. The highest BCUT2D eigenvalue weighted by atomic mass is 35.5. The Morgan fingerprint density at radius 2 is 1.97 bits per heavy atom. The summed E-state index contributed by atoms with van der Waals surface area (Å²) < 4.78 is 0. The molecule has 1 N–H and O–H groups in total. The third-order valence-electron chi connectivity index (χ3n) is 7.32. The van der Waals surface area contributed by atoms with E-state index < -0.39 is 0 Å². The van der Waals surface area contributed by atoms with Crippen LogP contribution in [0.4, 0.5) is 0 Å². The number of carbonyl (C=O) groups excluding carboxylic acids is 1. The van der Waals surface area contributed by atoms with Gasteiger partial charge in [0, 0.05) is 23.6 Å². The minimum absolute atomic E-state index is 0. The van der Waals surface area contributed by atoms with Gasteiger partial charge in [0.1, 0.15) is 0 Å². The van der Waals surface area contributed by atoms with Crippen LogP contribution >= 0.6 is 12.4 Å². The van der Waals surface area contributed by atoms with Gasteiger partial charge >= 0.3 is 0 Å². The van der Waals surface area contributed by atoms with Crippen molar-refractivity contribution >= 4 is 18.3 Å². The first-order valence-electron chi connectivity index (χ1n) is 11.3. The van der Waals surface area contributed by atoms with E-state index in [0.29, 0.717) is 18.5 Å². The summed E-state index contributed by atoms with van der Waals surface area (Å²) in [5.41, 5.74) is 4.00. The molecule has 1 saturated heterocycles. The molecule has 2 heterocycles. The molecule has 1 amide bonds. The molecule has 4 nitrogen and oxygen atoms in total. The molecule has 0 radical (unpaired) electrons. The van der Waals surface area contributed by atoms with Gasteiger partial charge < -0.3 is 10.2 Å². The SMILES string of the molecule is Cl.O=C(C1CC12CCCc1ccccc12)N(Cc1ccccn1)C1CCCNCC1. The molecule has 2 aromatic rings. The van der Waals surface area contributed by atoms with E-state index in [1.165, 1.54) is 17.5 Å². The maximum atomic E-state index is 13.9. The number of rotatable bonds is 4. The smallest absolute Gasteiger partial charge is 0.227 e. The maximum Gasteiger partial charge on any atom is 0.227 e. The Bertz CT molecular complexity index is 866. The molecule has 0 bridgehead atoms. The monoisotopic (exact) mass is 425 g/mol. The molecule has 1 aromatic heterocycles. The van der Waals surface area contributed by atoms with Gasteiger partial charge in [-0.05, 0) is 81.3 Å². The van der Waals surface area contributed by atoms with Gasteiger partial charge in [0.15, 0.2) is 0 Å². The lowest BCUT2D eigenvalue weighted by atomic mass is 9.78. The van der Waals surface area contributed by atoms with Crippen molar-refractivity contribution in [2.24, 2.45) is 5.92 Å². The van der Waals surface area contributed by atoms with Crippen molar-refractivity contribution in [3.8, 4) is 0 Å². The molecule has 1 aliphatic heterocycles. The number of fused-ring (bicyclic) bond motifs is 2. The second-order valence-corrected chi connectivity index (χ2v) is 9.05. The first kappa shape index (κ1) is 21.3. The Morgan fingerprint density at radius 3 is 2.83 bits per heavy atom. The minimum atomic E-state index is 0. The van der Waals surface area contributed by atoms with E-state index in [-0.39, 0.29) is 23.7 Å². The largest absolute Gasteiger partial charge is 0.333 e.